The molecule has 0 aliphatic heterocycles. The van der Waals surface area contributed by atoms with Crippen LogP contribution >= 0.6 is 0 Å². The second-order valence-corrected chi connectivity index (χ2v) is 5.60. The zero-order valence-electron chi connectivity index (χ0n) is 11.6. The average molecular weight is 262 g/mol. The van der Waals surface area contributed by atoms with Gasteiger partial charge in [0, 0.05) is 38.5 Å². The first-order valence-electron chi connectivity index (χ1n) is 6.73. The van der Waals surface area contributed by atoms with E-state index in [4.69, 9.17) is 5.11 Å². The summed E-state index contributed by atoms with van der Waals surface area (Å²) in [5, 5.41) is 12.0. The fourth-order valence-corrected chi connectivity index (χ4v) is 2.21. The zero-order chi connectivity index (χ0) is 13.9. The predicted molar refractivity (Wildman–Crippen MR) is 76.5 cm³/mol. The highest BCUT2D eigenvalue weighted by molar-refractivity contribution is 5.94. The molecule has 2 N–H and O–H groups in total. The number of nitrogens with zero attached hydrogens (tertiary/aromatic N) is 1. The van der Waals surface area contributed by atoms with Crippen LogP contribution in [0, 0.1) is 5.41 Å². The number of carbonyl (C=O) groups is 1. The molecule has 0 aromatic heterocycles. The molecule has 0 atom stereocenters. The van der Waals surface area contributed by atoms with Gasteiger partial charge in [0.2, 0.25) is 0 Å². The van der Waals surface area contributed by atoms with Crippen LogP contribution in [0.15, 0.2) is 24.3 Å². The number of amides is 1. The van der Waals surface area contributed by atoms with Gasteiger partial charge in [-0.15, -0.1) is 0 Å². The lowest BCUT2D eigenvalue weighted by molar-refractivity contribution is 0.0941. The van der Waals surface area contributed by atoms with Crippen LogP contribution in [0.5, 0.6) is 0 Å². The van der Waals surface area contributed by atoms with Gasteiger partial charge < -0.3 is 15.3 Å². The molecule has 4 nitrogen and oxygen atoms in total. The Balaban J connectivity index is 1.89. The monoisotopic (exact) mass is 262 g/mol. The molecule has 104 valence electrons. The smallest absolute Gasteiger partial charge is 0.251 e. The third-order valence-electron chi connectivity index (χ3n) is 3.87. The van der Waals surface area contributed by atoms with Crippen molar-refractivity contribution in [2.45, 2.75) is 19.3 Å². The minimum Gasteiger partial charge on any atom is -0.396 e. The van der Waals surface area contributed by atoms with Crippen molar-refractivity contribution in [2.24, 2.45) is 5.41 Å². The van der Waals surface area contributed by atoms with E-state index in [-0.39, 0.29) is 17.9 Å². The summed E-state index contributed by atoms with van der Waals surface area (Å²) in [6.07, 6.45) is 2.99. The number of carbonyl (C=O) groups excluding carboxylic acids is 1. The number of rotatable bonds is 6. The molecule has 1 aromatic carbocycles. The molecule has 0 bridgehead atoms. The van der Waals surface area contributed by atoms with E-state index in [0.717, 1.165) is 24.9 Å². The lowest BCUT2D eigenvalue weighted by Gasteiger charge is -2.15. The number of anilines is 1. The number of hydrogen-bond donors (Lipinski definition) is 2. The van der Waals surface area contributed by atoms with Gasteiger partial charge in [0.15, 0.2) is 0 Å². The van der Waals surface area contributed by atoms with Gasteiger partial charge in [-0.1, -0.05) is 0 Å². The van der Waals surface area contributed by atoms with E-state index in [9.17, 15) is 4.79 Å². The number of aliphatic hydroxyl groups excluding tert-OH is 1. The van der Waals surface area contributed by atoms with Crippen LogP contribution in [0.2, 0.25) is 0 Å². The van der Waals surface area contributed by atoms with Crippen LogP contribution in [-0.2, 0) is 0 Å². The van der Waals surface area contributed by atoms with Crippen molar-refractivity contribution in [3.05, 3.63) is 29.8 Å². The van der Waals surface area contributed by atoms with Crippen molar-refractivity contribution in [2.75, 3.05) is 32.1 Å². The third-order valence-corrected chi connectivity index (χ3v) is 3.87. The van der Waals surface area contributed by atoms with Crippen LogP contribution < -0.4 is 10.2 Å². The van der Waals surface area contributed by atoms with Gasteiger partial charge in [-0.3, -0.25) is 4.79 Å². The molecule has 19 heavy (non-hydrogen) atoms. The van der Waals surface area contributed by atoms with Crippen LogP contribution in [0.25, 0.3) is 0 Å². The summed E-state index contributed by atoms with van der Waals surface area (Å²) >= 11 is 0. The standard InChI is InChI=1S/C15H22N2O2/c1-17(2)13-5-3-12(4-6-13)14(19)16-11-15(7-8-15)9-10-18/h3-6,18H,7-11H2,1-2H3,(H,16,19). The summed E-state index contributed by atoms with van der Waals surface area (Å²) in [6, 6.07) is 7.57. The topological polar surface area (TPSA) is 52.6 Å². The van der Waals surface area contributed by atoms with E-state index in [0.29, 0.717) is 12.1 Å². The Morgan fingerprint density at radius 3 is 2.42 bits per heavy atom. The van der Waals surface area contributed by atoms with E-state index < -0.39 is 0 Å². The molecule has 0 spiro atoms. The molecule has 1 aliphatic rings. The SMILES string of the molecule is CN(C)c1ccc(C(=O)NCC2(CCO)CC2)cc1. The van der Waals surface area contributed by atoms with Gasteiger partial charge in [-0.2, -0.15) is 0 Å². The highest BCUT2D eigenvalue weighted by Crippen LogP contribution is 2.47. The molecular formula is C15H22N2O2. The van der Waals surface area contributed by atoms with E-state index in [1.807, 2.05) is 43.3 Å². The Hall–Kier alpha value is -1.55. The summed E-state index contributed by atoms with van der Waals surface area (Å²) in [4.78, 5) is 14.0. The third kappa shape index (κ3) is 3.47. The molecule has 0 heterocycles. The van der Waals surface area contributed by atoms with E-state index in [1.54, 1.807) is 0 Å². The number of nitrogens with one attached hydrogen (secondary N) is 1. The molecule has 0 radical (unpaired) electrons. The van der Waals surface area contributed by atoms with Crippen LogP contribution in [0.4, 0.5) is 5.69 Å². The van der Waals surface area contributed by atoms with E-state index in [2.05, 4.69) is 5.32 Å². The number of benzene rings is 1. The average Bonchev–Trinajstić information content (AvgIpc) is 3.17. The van der Waals surface area contributed by atoms with Gasteiger partial charge >= 0.3 is 0 Å². The Morgan fingerprint density at radius 1 is 1.32 bits per heavy atom. The molecule has 0 saturated heterocycles. The molecule has 2 rings (SSSR count). The molecule has 1 saturated carbocycles. The normalized spacial score (nSPS) is 15.9. The van der Waals surface area contributed by atoms with Gasteiger partial charge in [0.05, 0.1) is 0 Å². The van der Waals surface area contributed by atoms with Crippen molar-refractivity contribution in [3.63, 3.8) is 0 Å². The molecule has 1 aromatic rings. The van der Waals surface area contributed by atoms with Gasteiger partial charge in [-0.25, -0.2) is 0 Å². The van der Waals surface area contributed by atoms with Crippen molar-refractivity contribution < 1.29 is 9.90 Å². The number of aliphatic hydroxyl groups is 1. The maximum absolute atomic E-state index is 12.0. The minimum atomic E-state index is -0.0329. The van der Waals surface area contributed by atoms with Crippen LogP contribution in [0.1, 0.15) is 29.6 Å². The van der Waals surface area contributed by atoms with Crippen molar-refractivity contribution in [3.8, 4) is 0 Å². The zero-order valence-corrected chi connectivity index (χ0v) is 11.6. The lowest BCUT2D eigenvalue weighted by Crippen LogP contribution is -2.30. The molecule has 4 heteroatoms. The largest absolute Gasteiger partial charge is 0.396 e. The second kappa shape index (κ2) is 5.61. The second-order valence-electron chi connectivity index (χ2n) is 5.60. The highest BCUT2D eigenvalue weighted by atomic mass is 16.3. The van der Waals surface area contributed by atoms with E-state index in [1.165, 1.54) is 0 Å². The summed E-state index contributed by atoms with van der Waals surface area (Å²) in [6.45, 7) is 0.870. The lowest BCUT2D eigenvalue weighted by atomic mass is 10.0. The van der Waals surface area contributed by atoms with E-state index >= 15 is 0 Å². The molecule has 1 aliphatic carbocycles. The summed E-state index contributed by atoms with van der Waals surface area (Å²) in [5.41, 5.74) is 1.93. The fraction of sp³-hybridized carbons (Fsp3) is 0.533. The van der Waals surface area contributed by atoms with Crippen LogP contribution in [0.3, 0.4) is 0 Å². The molecule has 0 unspecified atom stereocenters. The molecule has 1 amide bonds. The maximum Gasteiger partial charge on any atom is 0.251 e. The van der Waals surface area contributed by atoms with Crippen LogP contribution in [-0.4, -0.2) is 38.3 Å². The molecular weight excluding hydrogens is 240 g/mol. The first-order valence-corrected chi connectivity index (χ1v) is 6.73. The first-order chi connectivity index (χ1) is 9.06. The Bertz CT molecular complexity index is 436. The predicted octanol–water partition coefficient (Wildman–Crippen LogP) is 1.64. The van der Waals surface area contributed by atoms with Gasteiger partial charge in [-0.05, 0) is 48.9 Å². The van der Waals surface area contributed by atoms with Crippen molar-refractivity contribution in [1.82, 2.24) is 5.32 Å². The summed E-state index contributed by atoms with van der Waals surface area (Å²) in [7, 11) is 3.95. The Labute approximate surface area is 114 Å². The molecule has 1 fully saturated rings. The fourth-order valence-electron chi connectivity index (χ4n) is 2.21. The quantitative estimate of drug-likeness (QED) is 0.819. The minimum absolute atomic E-state index is 0.0329. The van der Waals surface area contributed by atoms with Gasteiger partial charge in [0.25, 0.3) is 5.91 Å². The van der Waals surface area contributed by atoms with Gasteiger partial charge in [0.1, 0.15) is 0 Å². The first kappa shape index (κ1) is 13.9. The van der Waals surface area contributed by atoms with Crippen molar-refractivity contribution >= 4 is 11.6 Å². The highest BCUT2D eigenvalue weighted by Gasteiger charge is 2.41. The summed E-state index contributed by atoms with van der Waals surface area (Å²) in [5.74, 6) is -0.0329. The Kier molecular flexibility index (Phi) is 4.10. The number of hydrogen-bond acceptors (Lipinski definition) is 3. The van der Waals surface area contributed by atoms with Crippen molar-refractivity contribution in [1.29, 1.82) is 0 Å². The maximum atomic E-state index is 12.0. The Morgan fingerprint density at radius 2 is 1.95 bits per heavy atom. The summed E-state index contributed by atoms with van der Waals surface area (Å²) < 4.78 is 0.